The van der Waals surface area contributed by atoms with Gasteiger partial charge in [0.15, 0.2) is 11.5 Å². The minimum absolute atomic E-state index is 0.119. The zero-order valence-electron chi connectivity index (χ0n) is 9.60. The van der Waals surface area contributed by atoms with Gasteiger partial charge in [0, 0.05) is 11.6 Å². The van der Waals surface area contributed by atoms with Crippen molar-refractivity contribution in [2.45, 2.75) is 12.8 Å². The molecule has 1 heterocycles. The number of aromatic carboxylic acids is 1. The average Bonchev–Trinajstić information content (AvgIpc) is 2.87. The Labute approximate surface area is 103 Å². The second-order valence-corrected chi connectivity index (χ2v) is 3.87. The van der Waals surface area contributed by atoms with Gasteiger partial charge in [0.2, 0.25) is 0 Å². The lowest BCUT2D eigenvalue weighted by molar-refractivity contribution is 0.0686. The molecular formula is C13H12FNO3. The van der Waals surface area contributed by atoms with E-state index >= 15 is 0 Å². The SMILES string of the molecule is O=C(O)c1cc(-c2ccc(CCCF)cc2)on1. The van der Waals surface area contributed by atoms with Crippen LogP contribution < -0.4 is 0 Å². The molecule has 0 aliphatic carbocycles. The Balaban J connectivity index is 2.15. The molecule has 18 heavy (non-hydrogen) atoms. The van der Waals surface area contributed by atoms with Crippen molar-refractivity contribution in [2.24, 2.45) is 0 Å². The number of aryl methyl sites for hydroxylation is 1. The fraction of sp³-hybridized carbons (Fsp3) is 0.231. The maximum absolute atomic E-state index is 12.0. The standard InChI is InChI=1S/C13H12FNO3/c14-7-1-2-9-3-5-10(6-4-9)12-8-11(13(16)17)15-18-12/h3-6,8H,1-2,7H2,(H,16,17). The van der Waals surface area contributed by atoms with E-state index in [0.717, 1.165) is 11.1 Å². The lowest BCUT2D eigenvalue weighted by Crippen LogP contribution is -1.94. The van der Waals surface area contributed by atoms with Crippen LogP contribution in [0.2, 0.25) is 0 Å². The third-order valence-electron chi connectivity index (χ3n) is 2.57. The smallest absolute Gasteiger partial charge is 0.358 e. The van der Waals surface area contributed by atoms with Crippen molar-refractivity contribution in [1.29, 1.82) is 0 Å². The molecule has 0 aliphatic heterocycles. The van der Waals surface area contributed by atoms with E-state index in [1.807, 2.05) is 12.1 Å². The zero-order chi connectivity index (χ0) is 13.0. The first-order valence-corrected chi connectivity index (χ1v) is 5.56. The Morgan fingerprint density at radius 1 is 1.33 bits per heavy atom. The van der Waals surface area contributed by atoms with Crippen molar-refractivity contribution in [2.75, 3.05) is 6.67 Å². The minimum Gasteiger partial charge on any atom is -0.476 e. The summed E-state index contributed by atoms with van der Waals surface area (Å²) in [5.41, 5.74) is 1.67. The van der Waals surface area contributed by atoms with Crippen LogP contribution in [0.3, 0.4) is 0 Å². The van der Waals surface area contributed by atoms with E-state index in [2.05, 4.69) is 5.16 Å². The van der Waals surface area contributed by atoms with Crippen molar-refractivity contribution in [3.63, 3.8) is 0 Å². The van der Waals surface area contributed by atoms with Gasteiger partial charge in [0.25, 0.3) is 0 Å². The molecule has 2 rings (SSSR count). The largest absolute Gasteiger partial charge is 0.476 e. The third-order valence-corrected chi connectivity index (χ3v) is 2.57. The Morgan fingerprint density at radius 2 is 2.06 bits per heavy atom. The zero-order valence-corrected chi connectivity index (χ0v) is 9.60. The van der Waals surface area contributed by atoms with Crippen LogP contribution in [0.15, 0.2) is 34.9 Å². The van der Waals surface area contributed by atoms with E-state index in [-0.39, 0.29) is 12.4 Å². The quantitative estimate of drug-likeness (QED) is 0.884. The Kier molecular flexibility index (Phi) is 3.72. The maximum atomic E-state index is 12.0. The van der Waals surface area contributed by atoms with Crippen LogP contribution in [0.1, 0.15) is 22.5 Å². The Hall–Kier alpha value is -2.17. The van der Waals surface area contributed by atoms with Crippen molar-refractivity contribution in [3.05, 3.63) is 41.6 Å². The lowest BCUT2D eigenvalue weighted by Gasteiger charge is -2.00. The predicted octanol–water partition coefficient (Wildman–Crippen LogP) is 2.94. The molecule has 0 aliphatic rings. The normalized spacial score (nSPS) is 10.5. The molecule has 0 atom stereocenters. The molecule has 1 aromatic carbocycles. The minimum atomic E-state index is -1.12. The monoisotopic (exact) mass is 249 g/mol. The van der Waals surface area contributed by atoms with Crippen LogP contribution >= 0.6 is 0 Å². The highest BCUT2D eigenvalue weighted by atomic mass is 19.1. The molecule has 0 bridgehead atoms. The van der Waals surface area contributed by atoms with Gasteiger partial charge in [-0.3, -0.25) is 4.39 Å². The van der Waals surface area contributed by atoms with Crippen LogP contribution in [0.5, 0.6) is 0 Å². The molecular weight excluding hydrogens is 237 g/mol. The van der Waals surface area contributed by atoms with Crippen molar-refractivity contribution in [3.8, 4) is 11.3 Å². The molecule has 0 fully saturated rings. The van der Waals surface area contributed by atoms with Gasteiger partial charge in [-0.15, -0.1) is 0 Å². The van der Waals surface area contributed by atoms with E-state index in [1.54, 1.807) is 12.1 Å². The highest BCUT2D eigenvalue weighted by molar-refractivity contribution is 5.86. The molecule has 0 saturated heterocycles. The number of carboxylic acids is 1. The van der Waals surface area contributed by atoms with Gasteiger partial charge in [0.05, 0.1) is 6.67 Å². The second kappa shape index (κ2) is 5.44. The molecule has 0 unspecified atom stereocenters. The number of benzene rings is 1. The first kappa shape index (κ1) is 12.3. The van der Waals surface area contributed by atoms with E-state index in [9.17, 15) is 9.18 Å². The van der Waals surface area contributed by atoms with Gasteiger partial charge in [-0.2, -0.15) is 0 Å². The van der Waals surface area contributed by atoms with Crippen LogP contribution in [0, 0.1) is 0 Å². The van der Waals surface area contributed by atoms with Gasteiger partial charge in [0.1, 0.15) is 0 Å². The first-order chi connectivity index (χ1) is 8.70. The van der Waals surface area contributed by atoms with Crippen LogP contribution in [-0.4, -0.2) is 22.9 Å². The van der Waals surface area contributed by atoms with Gasteiger partial charge >= 0.3 is 5.97 Å². The van der Waals surface area contributed by atoms with Crippen molar-refractivity contribution in [1.82, 2.24) is 5.16 Å². The number of hydrogen-bond acceptors (Lipinski definition) is 3. The van der Waals surface area contributed by atoms with Crippen LogP contribution in [0.25, 0.3) is 11.3 Å². The first-order valence-electron chi connectivity index (χ1n) is 5.56. The highest BCUT2D eigenvalue weighted by Gasteiger charge is 2.11. The van der Waals surface area contributed by atoms with E-state index in [1.165, 1.54) is 6.07 Å². The summed E-state index contributed by atoms with van der Waals surface area (Å²) in [4.78, 5) is 10.7. The lowest BCUT2D eigenvalue weighted by atomic mass is 10.1. The number of carbonyl (C=O) groups is 1. The molecule has 0 saturated carbocycles. The molecule has 5 heteroatoms. The number of hydrogen-bond donors (Lipinski definition) is 1. The fourth-order valence-electron chi connectivity index (χ4n) is 1.62. The molecule has 1 N–H and O–H groups in total. The van der Waals surface area contributed by atoms with Gasteiger partial charge in [-0.05, 0) is 18.4 Å². The summed E-state index contributed by atoms with van der Waals surface area (Å²) < 4.78 is 17.0. The van der Waals surface area contributed by atoms with Crippen LogP contribution in [-0.2, 0) is 6.42 Å². The highest BCUT2D eigenvalue weighted by Crippen LogP contribution is 2.21. The molecule has 2 aromatic rings. The number of nitrogens with zero attached hydrogens (tertiary/aromatic N) is 1. The van der Waals surface area contributed by atoms with E-state index in [0.29, 0.717) is 18.6 Å². The molecule has 94 valence electrons. The maximum Gasteiger partial charge on any atom is 0.358 e. The Bertz CT molecular complexity index is 533. The molecule has 0 spiro atoms. The van der Waals surface area contributed by atoms with Crippen molar-refractivity contribution < 1.29 is 18.8 Å². The number of aromatic nitrogens is 1. The fourth-order valence-corrected chi connectivity index (χ4v) is 1.62. The summed E-state index contributed by atoms with van der Waals surface area (Å²) in [5.74, 6) is -0.714. The predicted molar refractivity (Wildman–Crippen MR) is 63.2 cm³/mol. The summed E-state index contributed by atoms with van der Waals surface area (Å²) in [6.07, 6.45) is 1.19. The summed E-state index contributed by atoms with van der Waals surface area (Å²) in [6.45, 7) is -0.328. The molecule has 0 amide bonds. The third kappa shape index (κ3) is 2.74. The summed E-state index contributed by atoms with van der Waals surface area (Å²) in [6, 6.07) is 8.72. The van der Waals surface area contributed by atoms with Gasteiger partial charge in [-0.25, -0.2) is 4.79 Å². The van der Waals surface area contributed by atoms with Crippen molar-refractivity contribution >= 4 is 5.97 Å². The molecule has 0 radical (unpaired) electrons. The van der Waals surface area contributed by atoms with Gasteiger partial charge < -0.3 is 9.63 Å². The van der Waals surface area contributed by atoms with Gasteiger partial charge in [-0.1, -0.05) is 29.4 Å². The topological polar surface area (TPSA) is 63.3 Å². The molecule has 1 aromatic heterocycles. The van der Waals surface area contributed by atoms with E-state index < -0.39 is 5.97 Å². The number of halogens is 1. The van der Waals surface area contributed by atoms with E-state index in [4.69, 9.17) is 9.63 Å². The second-order valence-electron chi connectivity index (χ2n) is 3.87. The Morgan fingerprint density at radius 3 is 2.61 bits per heavy atom. The molecule has 4 nitrogen and oxygen atoms in total. The average molecular weight is 249 g/mol. The summed E-state index contributed by atoms with van der Waals surface area (Å²) in [5, 5.41) is 12.2. The number of alkyl halides is 1. The number of rotatable bonds is 5. The number of carboxylic acid groups (broad SMARTS) is 1. The summed E-state index contributed by atoms with van der Waals surface area (Å²) >= 11 is 0. The van der Waals surface area contributed by atoms with Crippen LogP contribution in [0.4, 0.5) is 4.39 Å². The summed E-state index contributed by atoms with van der Waals surface area (Å²) in [7, 11) is 0.